The van der Waals surface area contributed by atoms with E-state index < -0.39 is 42.7 Å². The fourth-order valence-electron chi connectivity index (χ4n) is 3.36. The lowest BCUT2D eigenvalue weighted by Crippen LogP contribution is -2.41. The zero-order valence-electron chi connectivity index (χ0n) is 19.3. The SMILES string of the molecule is Cn1ncc(NC(=O)c2nc(Br)sc2NC(=O)OC(C)(C)C)c1N1CCN(C(=O)O)CC(F)(F)C1. The van der Waals surface area contributed by atoms with E-state index in [1.807, 2.05) is 0 Å². The van der Waals surface area contributed by atoms with Crippen LogP contribution in [-0.4, -0.2) is 80.6 Å². The minimum atomic E-state index is -3.33. The standard InChI is InChI=1S/C19H24BrF2N7O5S/c1-18(2,3)34-16(31)26-13-11(25-15(20)35-13)12(30)24-10-7-23-27(4)14(10)28-5-6-29(17(32)33)9-19(21,22)8-28/h7H,5-6,8-9H2,1-4H3,(H,24,30)(H,26,31)(H,32,33). The number of carbonyl (C=O) groups excluding carboxylic acids is 2. The Hall–Kier alpha value is -3.01. The summed E-state index contributed by atoms with van der Waals surface area (Å²) in [5, 5.41) is 18.4. The van der Waals surface area contributed by atoms with Crippen LogP contribution >= 0.6 is 27.3 Å². The molecule has 3 rings (SSSR count). The Morgan fingerprint density at radius 2 is 1.91 bits per heavy atom. The highest BCUT2D eigenvalue weighted by atomic mass is 79.9. The molecular formula is C19H24BrF2N7O5S. The van der Waals surface area contributed by atoms with E-state index in [1.165, 1.54) is 22.8 Å². The molecule has 1 aliphatic rings. The Labute approximate surface area is 211 Å². The number of rotatable bonds is 4. The Kier molecular flexibility index (Phi) is 7.54. The number of ether oxygens (including phenoxy) is 1. The van der Waals surface area contributed by atoms with Crippen molar-refractivity contribution in [1.82, 2.24) is 19.7 Å². The van der Waals surface area contributed by atoms with Crippen LogP contribution in [0.25, 0.3) is 0 Å². The van der Waals surface area contributed by atoms with Gasteiger partial charge in [0, 0.05) is 20.1 Å². The summed E-state index contributed by atoms with van der Waals surface area (Å²) >= 11 is 4.17. The van der Waals surface area contributed by atoms with Crippen molar-refractivity contribution >= 4 is 61.9 Å². The van der Waals surface area contributed by atoms with Gasteiger partial charge in [-0.1, -0.05) is 11.3 Å². The zero-order valence-corrected chi connectivity index (χ0v) is 21.7. The topological polar surface area (TPSA) is 142 Å². The van der Waals surface area contributed by atoms with E-state index in [1.54, 1.807) is 20.8 Å². The number of aromatic nitrogens is 3. The molecule has 3 heterocycles. The zero-order chi connectivity index (χ0) is 26.1. The van der Waals surface area contributed by atoms with Gasteiger partial charge in [-0.3, -0.25) is 14.8 Å². The summed E-state index contributed by atoms with van der Waals surface area (Å²) in [6, 6.07) is 0. The third kappa shape index (κ3) is 6.78. The average Bonchev–Trinajstić information content (AvgIpc) is 3.18. The third-order valence-electron chi connectivity index (χ3n) is 4.64. The van der Waals surface area contributed by atoms with Crippen LogP contribution < -0.4 is 15.5 Å². The molecule has 12 nitrogen and oxygen atoms in total. The van der Waals surface area contributed by atoms with Crippen molar-refractivity contribution in [3.05, 3.63) is 15.8 Å². The highest BCUT2D eigenvalue weighted by Gasteiger charge is 2.40. The van der Waals surface area contributed by atoms with E-state index in [0.29, 0.717) is 8.82 Å². The maximum absolute atomic E-state index is 14.5. The molecular weight excluding hydrogens is 556 g/mol. The molecule has 35 heavy (non-hydrogen) atoms. The lowest BCUT2D eigenvalue weighted by Gasteiger charge is -2.26. The molecule has 192 valence electrons. The van der Waals surface area contributed by atoms with Crippen LogP contribution in [0.3, 0.4) is 0 Å². The number of nitrogens with one attached hydrogen (secondary N) is 2. The summed E-state index contributed by atoms with van der Waals surface area (Å²) in [6.07, 6.45) is -0.933. The molecule has 16 heteroatoms. The minimum absolute atomic E-state index is 0.0437. The predicted octanol–water partition coefficient (Wildman–Crippen LogP) is 3.67. The first-order chi connectivity index (χ1) is 16.1. The Balaban J connectivity index is 1.83. The molecule has 0 atom stereocenters. The fourth-order valence-corrected chi connectivity index (χ4v) is 4.69. The monoisotopic (exact) mass is 579 g/mol. The Morgan fingerprint density at radius 1 is 1.23 bits per heavy atom. The number of aryl methyl sites for hydroxylation is 1. The number of carbonyl (C=O) groups is 3. The van der Waals surface area contributed by atoms with Gasteiger partial charge in [0.15, 0.2) is 15.4 Å². The van der Waals surface area contributed by atoms with Crippen molar-refractivity contribution in [3.63, 3.8) is 0 Å². The average molecular weight is 580 g/mol. The molecule has 1 aliphatic heterocycles. The number of anilines is 3. The first-order valence-electron chi connectivity index (χ1n) is 10.3. The van der Waals surface area contributed by atoms with Gasteiger partial charge in [-0.25, -0.2) is 23.4 Å². The number of nitrogens with zero attached hydrogens (tertiary/aromatic N) is 5. The molecule has 3 N–H and O–H groups in total. The summed E-state index contributed by atoms with van der Waals surface area (Å²) in [7, 11) is 1.51. The van der Waals surface area contributed by atoms with Crippen molar-refractivity contribution in [1.29, 1.82) is 0 Å². The van der Waals surface area contributed by atoms with Crippen molar-refractivity contribution in [2.75, 3.05) is 41.7 Å². The molecule has 2 aromatic rings. The first-order valence-corrected chi connectivity index (χ1v) is 11.9. The summed E-state index contributed by atoms with van der Waals surface area (Å²) < 4.78 is 35.8. The van der Waals surface area contributed by atoms with Gasteiger partial charge in [-0.15, -0.1) is 0 Å². The maximum atomic E-state index is 14.5. The number of amides is 3. The van der Waals surface area contributed by atoms with E-state index in [-0.39, 0.29) is 35.3 Å². The van der Waals surface area contributed by atoms with Crippen LogP contribution in [-0.2, 0) is 11.8 Å². The fraction of sp³-hybridized carbons (Fsp3) is 0.526. The van der Waals surface area contributed by atoms with Gasteiger partial charge in [0.1, 0.15) is 16.3 Å². The van der Waals surface area contributed by atoms with Crippen LogP contribution in [0, 0.1) is 0 Å². The van der Waals surface area contributed by atoms with Gasteiger partial charge >= 0.3 is 12.2 Å². The van der Waals surface area contributed by atoms with Gasteiger partial charge in [0.2, 0.25) is 0 Å². The summed E-state index contributed by atoms with van der Waals surface area (Å²) in [5.74, 6) is -3.88. The Morgan fingerprint density at radius 3 is 2.54 bits per heavy atom. The van der Waals surface area contributed by atoms with Crippen LogP contribution in [0.5, 0.6) is 0 Å². The molecule has 0 saturated carbocycles. The van der Waals surface area contributed by atoms with Gasteiger partial charge in [0.05, 0.1) is 19.3 Å². The number of hydrogen-bond donors (Lipinski definition) is 3. The summed E-state index contributed by atoms with van der Waals surface area (Å²) in [4.78, 5) is 42.5. The number of alkyl halides is 2. The molecule has 0 aliphatic carbocycles. The molecule has 0 spiro atoms. The molecule has 3 amide bonds. The second-order valence-corrected chi connectivity index (χ2v) is 11.0. The number of hydrogen-bond acceptors (Lipinski definition) is 8. The quantitative estimate of drug-likeness (QED) is 0.498. The summed E-state index contributed by atoms with van der Waals surface area (Å²) in [6.45, 7) is 3.15. The first kappa shape index (κ1) is 26.6. The molecule has 0 radical (unpaired) electrons. The maximum Gasteiger partial charge on any atom is 0.412 e. The molecule has 2 aromatic heterocycles. The van der Waals surface area contributed by atoms with E-state index in [2.05, 4.69) is 36.6 Å². The second kappa shape index (κ2) is 9.93. The number of thiazole rings is 1. The third-order valence-corrected chi connectivity index (χ3v) is 6.06. The second-order valence-electron chi connectivity index (χ2n) is 8.71. The largest absolute Gasteiger partial charge is 0.465 e. The van der Waals surface area contributed by atoms with Gasteiger partial charge in [0.25, 0.3) is 11.8 Å². The highest BCUT2D eigenvalue weighted by Crippen LogP contribution is 2.33. The van der Waals surface area contributed by atoms with E-state index in [0.717, 1.165) is 11.3 Å². The van der Waals surface area contributed by atoms with Crippen LogP contribution in [0.2, 0.25) is 0 Å². The van der Waals surface area contributed by atoms with E-state index in [4.69, 9.17) is 4.74 Å². The highest BCUT2D eigenvalue weighted by molar-refractivity contribution is 9.11. The van der Waals surface area contributed by atoms with Crippen molar-refractivity contribution in [3.8, 4) is 0 Å². The van der Waals surface area contributed by atoms with Crippen molar-refractivity contribution < 1.29 is 33.0 Å². The van der Waals surface area contributed by atoms with E-state index >= 15 is 0 Å². The molecule has 0 aromatic carbocycles. The lowest BCUT2D eigenvalue weighted by atomic mass is 10.2. The Bertz CT molecular complexity index is 1130. The van der Waals surface area contributed by atoms with Crippen molar-refractivity contribution in [2.45, 2.75) is 32.3 Å². The van der Waals surface area contributed by atoms with Crippen LogP contribution in [0.15, 0.2) is 10.1 Å². The van der Waals surface area contributed by atoms with Gasteiger partial charge in [-0.2, -0.15) is 5.10 Å². The lowest BCUT2D eigenvalue weighted by molar-refractivity contribution is -0.0117. The molecule has 1 saturated heterocycles. The van der Waals surface area contributed by atoms with Crippen molar-refractivity contribution in [2.24, 2.45) is 7.05 Å². The molecule has 0 bridgehead atoms. The smallest absolute Gasteiger partial charge is 0.412 e. The molecule has 0 unspecified atom stereocenters. The number of carboxylic acid groups (broad SMARTS) is 1. The predicted molar refractivity (Wildman–Crippen MR) is 128 cm³/mol. The minimum Gasteiger partial charge on any atom is -0.465 e. The van der Waals surface area contributed by atoms with E-state index in [9.17, 15) is 28.3 Å². The van der Waals surface area contributed by atoms with Crippen LogP contribution in [0.1, 0.15) is 31.3 Å². The van der Waals surface area contributed by atoms with Gasteiger partial charge in [-0.05, 0) is 36.7 Å². The molecule has 1 fully saturated rings. The van der Waals surface area contributed by atoms with Gasteiger partial charge < -0.3 is 25.0 Å². The normalized spacial score (nSPS) is 16.0. The van der Waals surface area contributed by atoms with Crippen LogP contribution in [0.4, 0.5) is 34.9 Å². The summed E-state index contributed by atoms with van der Waals surface area (Å²) in [5.41, 5.74) is -0.769. The number of halogens is 3.